The molecular formula is C12H12N4O5. The molecular weight excluding hydrogens is 280 g/mol. The van der Waals surface area contributed by atoms with E-state index in [9.17, 15) is 24.8 Å². The molecule has 0 unspecified atom stereocenters. The third-order valence-electron chi connectivity index (χ3n) is 2.98. The predicted octanol–water partition coefficient (Wildman–Crippen LogP) is 0.688. The normalized spacial score (nSPS) is 12.0. The summed E-state index contributed by atoms with van der Waals surface area (Å²) in [5, 5.41) is 22.5. The summed E-state index contributed by atoms with van der Waals surface area (Å²) in [6.45, 7) is 5.17. The van der Waals surface area contributed by atoms with Gasteiger partial charge in [-0.3, -0.25) is 10.1 Å². The van der Waals surface area contributed by atoms with Crippen LogP contribution in [-0.2, 0) is 0 Å². The number of benzene rings is 1. The molecule has 0 radical (unpaired) electrons. The van der Waals surface area contributed by atoms with E-state index < -0.39 is 33.8 Å². The summed E-state index contributed by atoms with van der Waals surface area (Å²) in [5.41, 5.74) is -2.04. The first-order valence-corrected chi connectivity index (χ1v) is 5.90. The molecule has 21 heavy (non-hydrogen) atoms. The van der Waals surface area contributed by atoms with Crippen LogP contribution in [0.4, 0.5) is 5.69 Å². The highest BCUT2D eigenvalue weighted by atomic mass is 16.6. The Hall–Kier alpha value is -3.10. The molecule has 0 fully saturated rings. The number of nitro groups is 1. The van der Waals surface area contributed by atoms with Crippen molar-refractivity contribution >= 4 is 5.69 Å². The van der Waals surface area contributed by atoms with Gasteiger partial charge in [-0.25, -0.2) is 23.9 Å². The second-order valence-corrected chi connectivity index (χ2v) is 4.31. The number of aromatic hydroxyl groups is 1. The van der Waals surface area contributed by atoms with Crippen molar-refractivity contribution in [3.05, 3.63) is 61.9 Å². The van der Waals surface area contributed by atoms with Gasteiger partial charge in [-0.2, -0.15) is 0 Å². The molecule has 2 N–H and O–H groups in total. The fourth-order valence-electron chi connectivity index (χ4n) is 1.80. The summed E-state index contributed by atoms with van der Waals surface area (Å²) in [7, 11) is 0. The van der Waals surface area contributed by atoms with Gasteiger partial charge in [0.2, 0.25) is 0 Å². The second-order valence-electron chi connectivity index (χ2n) is 4.31. The third kappa shape index (κ3) is 2.36. The van der Waals surface area contributed by atoms with Gasteiger partial charge in [-0.15, -0.1) is 6.58 Å². The lowest BCUT2D eigenvalue weighted by molar-refractivity contribution is -0.385. The van der Waals surface area contributed by atoms with Crippen LogP contribution in [0.2, 0.25) is 0 Å². The topological polar surface area (TPSA) is 123 Å². The molecule has 0 spiro atoms. The van der Waals surface area contributed by atoms with Gasteiger partial charge in [0.1, 0.15) is 0 Å². The quantitative estimate of drug-likeness (QED) is 0.487. The number of hydrogen-bond donors (Lipinski definition) is 2. The van der Waals surface area contributed by atoms with Crippen molar-refractivity contribution in [1.29, 1.82) is 0 Å². The van der Waals surface area contributed by atoms with Crippen LogP contribution in [0.15, 0.2) is 40.4 Å². The average molecular weight is 292 g/mol. The van der Waals surface area contributed by atoms with Crippen LogP contribution in [0.3, 0.4) is 0 Å². The van der Waals surface area contributed by atoms with Crippen LogP contribution in [0.25, 0.3) is 5.69 Å². The molecule has 0 saturated carbocycles. The summed E-state index contributed by atoms with van der Waals surface area (Å²) >= 11 is 0. The predicted molar refractivity (Wildman–Crippen MR) is 73.9 cm³/mol. The second kappa shape index (κ2) is 5.12. The number of aromatic amines is 1. The fraction of sp³-hybridized carbons (Fsp3) is 0.167. The molecule has 9 nitrogen and oxygen atoms in total. The van der Waals surface area contributed by atoms with Gasteiger partial charge in [0.15, 0.2) is 5.75 Å². The highest BCUT2D eigenvalue weighted by Crippen LogP contribution is 2.26. The van der Waals surface area contributed by atoms with E-state index in [1.807, 2.05) is 0 Å². The van der Waals surface area contributed by atoms with Crippen LogP contribution in [0.1, 0.15) is 13.0 Å². The van der Waals surface area contributed by atoms with Gasteiger partial charge in [0.25, 0.3) is 0 Å². The molecule has 0 saturated heterocycles. The number of allylic oxidation sites excluding steroid dienone is 1. The van der Waals surface area contributed by atoms with E-state index in [-0.39, 0.29) is 5.69 Å². The van der Waals surface area contributed by atoms with Crippen LogP contribution in [-0.4, -0.2) is 24.4 Å². The number of phenolic OH excluding ortho intramolecular Hbond substituents is 1. The van der Waals surface area contributed by atoms with Crippen molar-refractivity contribution in [3.8, 4) is 11.4 Å². The molecule has 9 heteroatoms. The number of H-pyrrole nitrogens is 1. The van der Waals surface area contributed by atoms with Crippen LogP contribution in [0.5, 0.6) is 5.75 Å². The first kappa shape index (κ1) is 14.3. The number of rotatable bonds is 4. The Bertz CT molecular complexity index is 829. The van der Waals surface area contributed by atoms with Gasteiger partial charge >= 0.3 is 17.1 Å². The lowest BCUT2D eigenvalue weighted by atomic mass is 10.2. The van der Waals surface area contributed by atoms with E-state index in [2.05, 4.69) is 11.7 Å². The minimum atomic E-state index is -0.804. The van der Waals surface area contributed by atoms with Crippen LogP contribution in [0, 0.1) is 10.1 Å². The molecule has 0 aliphatic heterocycles. The van der Waals surface area contributed by atoms with Crippen molar-refractivity contribution in [1.82, 2.24) is 14.3 Å². The third-order valence-corrected chi connectivity index (χ3v) is 2.98. The Labute approximate surface area is 117 Å². The summed E-state index contributed by atoms with van der Waals surface area (Å²) in [4.78, 5) is 34.0. The van der Waals surface area contributed by atoms with E-state index in [0.29, 0.717) is 0 Å². The Morgan fingerprint density at radius 2 is 2.14 bits per heavy atom. The first-order valence-electron chi connectivity index (χ1n) is 5.90. The Morgan fingerprint density at radius 1 is 1.48 bits per heavy atom. The van der Waals surface area contributed by atoms with Crippen molar-refractivity contribution in [2.45, 2.75) is 13.0 Å². The maximum Gasteiger partial charge on any atom is 0.352 e. The zero-order chi connectivity index (χ0) is 15.7. The molecule has 2 rings (SSSR count). The molecule has 0 bridgehead atoms. The highest BCUT2D eigenvalue weighted by molar-refractivity contribution is 5.52. The standard InChI is InChI=1S/C12H12N4O5/c1-3-7(2)15-12(19)14(11(18)13-15)8-4-5-10(17)9(6-8)16(20)21/h3-7,17H,1H2,2H3,(H,13,18)/t7-/m1/s1. The number of nitro benzene ring substituents is 1. The molecule has 0 aliphatic rings. The maximum atomic E-state index is 12.2. The number of nitrogens with one attached hydrogen (secondary N) is 1. The highest BCUT2D eigenvalue weighted by Gasteiger charge is 2.18. The van der Waals surface area contributed by atoms with Crippen molar-refractivity contribution < 1.29 is 10.0 Å². The molecule has 1 aromatic heterocycles. The first-order chi connectivity index (χ1) is 9.86. The van der Waals surface area contributed by atoms with E-state index in [0.717, 1.165) is 21.4 Å². The van der Waals surface area contributed by atoms with Gasteiger partial charge in [0.05, 0.1) is 16.7 Å². The average Bonchev–Trinajstić information content (AvgIpc) is 2.74. The van der Waals surface area contributed by atoms with E-state index in [1.54, 1.807) is 6.92 Å². The Balaban J connectivity index is 2.69. The molecule has 0 amide bonds. The number of phenols is 1. The zero-order valence-electron chi connectivity index (χ0n) is 11.0. The lowest BCUT2D eigenvalue weighted by Crippen LogP contribution is -2.28. The Morgan fingerprint density at radius 3 is 2.71 bits per heavy atom. The number of nitrogens with zero attached hydrogens (tertiary/aromatic N) is 3. The van der Waals surface area contributed by atoms with Crippen LogP contribution >= 0.6 is 0 Å². The smallest absolute Gasteiger partial charge is 0.352 e. The van der Waals surface area contributed by atoms with Gasteiger partial charge in [-0.05, 0) is 19.1 Å². The van der Waals surface area contributed by atoms with Gasteiger partial charge < -0.3 is 5.11 Å². The summed E-state index contributed by atoms with van der Waals surface area (Å²) < 4.78 is 1.79. The SMILES string of the molecule is C=C[C@@H](C)n1[nH]c(=O)n(-c2ccc(O)c([N+](=O)[O-])c2)c1=O. The molecule has 110 valence electrons. The Kier molecular flexibility index (Phi) is 3.49. The van der Waals surface area contributed by atoms with E-state index in [1.165, 1.54) is 12.1 Å². The van der Waals surface area contributed by atoms with E-state index in [4.69, 9.17) is 0 Å². The number of aromatic nitrogens is 3. The molecule has 0 aliphatic carbocycles. The molecule has 2 aromatic rings. The lowest BCUT2D eigenvalue weighted by Gasteiger charge is -2.04. The molecule has 1 heterocycles. The monoisotopic (exact) mass is 292 g/mol. The minimum Gasteiger partial charge on any atom is -0.502 e. The molecule has 1 atom stereocenters. The van der Waals surface area contributed by atoms with E-state index >= 15 is 0 Å². The van der Waals surface area contributed by atoms with Crippen molar-refractivity contribution in [2.75, 3.05) is 0 Å². The summed E-state index contributed by atoms with van der Waals surface area (Å²) in [5.74, 6) is -0.549. The largest absolute Gasteiger partial charge is 0.502 e. The van der Waals surface area contributed by atoms with Crippen molar-refractivity contribution in [2.24, 2.45) is 0 Å². The van der Waals surface area contributed by atoms with Gasteiger partial charge in [0, 0.05) is 6.07 Å². The summed E-state index contributed by atoms with van der Waals surface area (Å²) in [6.07, 6.45) is 1.46. The fourth-order valence-corrected chi connectivity index (χ4v) is 1.80. The summed E-state index contributed by atoms with van der Waals surface area (Å²) in [6, 6.07) is 2.79. The van der Waals surface area contributed by atoms with Crippen LogP contribution < -0.4 is 11.4 Å². The van der Waals surface area contributed by atoms with Crippen molar-refractivity contribution in [3.63, 3.8) is 0 Å². The molecule has 1 aromatic carbocycles. The van der Waals surface area contributed by atoms with Gasteiger partial charge in [-0.1, -0.05) is 6.08 Å². The minimum absolute atomic E-state index is 0.0132. The number of hydrogen-bond acceptors (Lipinski definition) is 5. The maximum absolute atomic E-state index is 12.2. The zero-order valence-corrected chi connectivity index (χ0v) is 11.0.